The highest BCUT2D eigenvalue weighted by Gasteiger charge is 2.26. The topological polar surface area (TPSA) is 61.3 Å². The first-order chi connectivity index (χ1) is 8.00. The maximum Gasteiger partial charge on any atom is 0.337 e. The molecule has 98 valence electrons. The SMILES string of the molecule is CCOP(=O)(Cc1nc(C(C)C)ns1)OCC. The van der Waals surface area contributed by atoms with Crippen LogP contribution in [0, 0.1) is 0 Å². The molecule has 0 atom stereocenters. The van der Waals surface area contributed by atoms with Crippen molar-refractivity contribution in [2.75, 3.05) is 13.2 Å². The lowest BCUT2D eigenvalue weighted by Gasteiger charge is -2.15. The summed E-state index contributed by atoms with van der Waals surface area (Å²) in [5, 5.41) is 0.707. The van der Waals surface area contributed by atoms with Crippen molar-refractivity contribution in [1.82, 2.24) is 9.36 Å². The fraction of sp³-hybridized carbons (Fsp3) is 0.800. The van der Waals surface area contributed by atoms with Crippen molar-refractivity contribution in [3.8, 4) is 0 Å². The molecule has 5 nitrogen and oxygen atoms in total. The fourth-order valence-corrected chi connectivity index (χ4v) is 3.99. The van der Waals surface area contributed by atoms with Crippen molar-refractivity contribution in [2.45, 2.75) is 39.8 Å². The highest BCUT2D eigenvalue weighted by molar-refractivity contribution is 7.53. The molecule has 1 rings (SSSR count). The minimum Gasteiger partial charge on any atom is -0.309 e. The zero-order valence-corrected chi connectivity index (χ0v) is 12.4. The van der Waals surface area contributed by atoms with Crippen LogP contribution in [0.25, 0.3) is 0 Å². The third-order valence-corrected chi connectivity index (χ3v) is 4.91. The molecule has 0 aromatic carbocycles. The number of nitrogens with zero attached hydrogens (tertiary/aromatic N) is 2. The molecule has 0 aliphatic rings. The molecule has 17 heavy (non-hydrogen) atoms. The van der Waals surface area contributed by atoms with E-state index in [9.17, 15) is 4.57 Å². The van der Waals surface area contributed by atoms with Crippen LogP contribution in [0.5, 0.6) is 0 Å². The van der Waals surface area contributed by atoms with Gasteiger partial charge in [0.05, 0.1) is 13.2 Å². The summed E-state index contributed by atoms with van der Waals surface area (Å²) in [5.41, 5.74) is 0. The maximum absolute atomic E-state index is 12.3. The van der Waals surface area contributed by atoms with Gasteiger partial charge in [-0.3, -0.25) is 4.57 Å². The Kier molecular flexibility index (Phi) is 5.73. The molecule has 0 amide bonds. The minimum absolute atomic E-state index is 0.207. The minimum atomic E-state index is -3.05. The molecule has 1 aromatic heterocycles. The fourth-order valence-electron chi connectivity index (χ4n) is 1.25. The summed E-state index contributed by atoms with van der Waals surface area (Å²) in [6.45, 7) is 8.38. The first-order valence-electron chi connectivity index (χ1n) is 5.71. The van der Waals surface area contributed by atoms with Gasteiger partial charge in [-0.15, -0.1) is 0 Å². The Morgan fingerprint density at radius 2 is 1.88 bits per heavy atom. The molecular formula is C10H19N2O3PS. The molecule has 7 heteroatoms. The van der Waals surface area contributed by atoms with Gasteiger partial charge in [-0.1, -0.05) is 13.8 Å². The van der Waals surface area contributed by atoms with Gasteiger partial charge in [0, 0.05) is 5.92 Å². The smallest absolute Gasteiger partial charge is 0.309 e. The van der Waals surface area contributed by atoms with E-state index in [2.05, 4.69) is 9.36 Å². The van der Waals surface area contributed by atoms with Crippen LogP contribution in [-0.4, -0.2) is 22.6 Å². The summed E-state index contributed by atoms with van der Waals surface area (Å²) in [4.78, 5) is 4.33. The first-order valence-corrected chi connectivity index (χ1v) is 8.21. The van der Waals surface area contributed by atoms with Crippen molar-refractivity contribution < 1.29 is 13.6 Å². The summed E-state index contributed by atoms with van der Waals surface area (Å²) >= 11 is 1.26. The predicted octanol–water partition coefficient (Wildman–Crippen LogP) is 3.43. The van der Waals surface area contributed by atoms with Crippen LogP contribution in [0.3, 0.4) is 0 Å². The Balaban J connectivity index is 2.75. The van der Waals surface area contributed by atoms with E-state index in [-0.39, 0.29) is 12.1 Å². The van der Waals surface area contributed by atoms with Crippen LogP contribution in [0.1, 0.15) is 44.4 Å². The lowest BCUT2D eigenvalue weighted by atomic mass is 10.2. The highest BCUT2D eigenvalue weighted by atomic mass is 32.1. The standard InChI is InChI=1S/C10H19N2O3PS/c1-5-14-16(13,15-6-2)7-9-11-10(8(3)4)12-17-9/h8H,5-7H2,1-4H3. The lowest BCUT2D eigenvalue weighted by molar-refractivity contribution is 0.219. The summed E-state index contributed by atoms with van der Waals surface area (Å²) in [6.07, 6.45) is 0.207. The Bertz CT molecular complexity index is 385. The van der Waals surface area contributed by atoms with Gasteiger partial charge in [-0.25, -0.2) is 4.98 Å². The van der Waals surface area contributed by atoms with Gasteiger partial charge in [0.15, 0.2) is 0 Å². The molecule has 0 saturated carbocycles. The number of hydrogen-bond donors (Lipinski definition) is 0. The Morgan fingerprint density at radius 1 is 1.29 bits per heavy atom. The summed E-state index contributed by atoms with van der Waals surface area (Å²) < 4.78 is 26.9. The average Bonchev–Trinajstić information content (AvgIpc) is 2.66. The third kappa shape index (κ3) is 4.47. The van der Waals surface area contributed by atoms with E-state index in [1.54, 1.807) is 13.8 Å². The Morgan fingerprint density at radius 3 is 2.29 bits per heavy atom. The molecule has 0 aliphatic carbocycles. The van der Waals surface area contributed by atoms with E-state index in [0.29, 0.717) is 18.2 Å². The second kappa shape index (κ2) is 6.59. The molecule has 0 N–H and O–H groups in total. The number of aromatic nitrogens is 2. The highest BCUT2D eigenvalue weighted by Crippen LogP contribution is 2.51. The summed E-state index contributed by atoms with van der Waals surface area (Å²) in [5.74, 6) is 1.06. The maximum atomic E-state index is 12.3. The van der Waals surface area contributed by atoms with Crippen molar-refractivity contribution >= 4 is 19.1 Å². The van der Waals surface area contributed by atoms with Gasteiger partial charge < -0.3 is 9.05 Å². The second-order valence-electron chi connectivity index (χ2n) is 3.81. The van der Waals surface area contributed by atoms with Gasteiger partial charge in [0.2, 0.25) is 0 Å². The molecule has 1 heterocycles. The van der Waals surface area contributed by atoms with Gasteiger partial charge >= 0.3 is 7.60 Å². The van der Waals surface area contributed by atoms with Gasteiger partial charge in [-0.05, 0) is 25.4 Å². The van der Waals surface area contributed by atoms with Crippen molar-refractivity contribution in [3.63, 3.8) is 0 Å². The zero-order chi connectivity index (χ0) is 12.9. The van der Waals surface area contributed by atoms with Crippen LogP contribution in [-0.2, 0) is 19.8 Å². The monoisotopic (exact) mass is 278 g/mol. The average molecular weight is 278 g/mol. The third-order valence-electron chi connectivity index (χ3n) is 1.98. The van der Waals surface area contributed by atoms with Crippen molar-refractivity contribution in [1.29, 1.82) is 0 Å². The van der Waals surface area contributed by atoms with Crippen LogP contribution in [0.2, 0.25) is 0 Å². The van der Waals surface area contributed by atoms with E-state index in [0.717, 1.165) is 5.82 Å². The quantitative estimate of drug-likeness (QED) is 0.715. The van der Waals surface area contributed by atoms with E-state index in [1.165, 1.54) is 11.5 Å². The van der Waals surface area contributed by atoms with Crippen LogP contribution < -0.4 is 0 Å². The van der Waals surface area contributed by atoms with Gasteiger partial charge in [0.25, 0.3) is 0 Å². The van der Waals surface area contributed by atoms with Crippen LogP contribution in [0.15, 0.2) is 0 Å². The number of rotatable bonds is 7. The van der Waals surface area contributed by atoms with E-state index >= 15 is 0 Å². The van der Waals surface area contributed by atoms with Gasteiger partial charge in [-0.2, -0.15) is 4.37 Å². The largest absolute Gasteiger partial charge is 0.337 e. The molecule has 0 fully saturated rings. The van der Waals surface area contributed by atoms with E-state index in [4.69, 9.17) is 9.05 Å². The van der Waals surface area contributed by atoms with E-state index < -0.39 is 7.60 Å². The molecule has 0 saturated heterocycles. The summed E-state index contributed by atoms with van der Waals surface area (Å²) in [7, 11) is -3.05. The summed E-state index contributed by atoms with van der Waals surface area (Å²) in [6, 6.07) is 0. The number of hydrogen-bond acceptors (Lipinski definition) is 6. The van der Waals surface area contributed by atoms with Crippen LogP contribution in [0.4, 0.5) is 0 Å². The van der Waals surface area contributed by atoms with Gasteiger partial charge in [0.1, 0.15) is 17.0 Å². The molecule has 0 spiro atoms. The Labute approximate surface area is 106 Å². The first kappa shape index (κ1) is 14.8. The second-order valence-corrected chi connectivity index (χ2v) is 6.70. The van der Waals surface area contributed by atoms with Crippen molar-refractivity contribution in [2.24, 2.45) is 0 Å². The normalized spacial score (nSPS) is 12.3. The molecule has 1 aromatic rings. The predicted molar refractivity (Wildman–Crippen MR) is 68.6 cm³/mol. The molecule has 0 unspecified atom stereocenters. The molecule has 0 bridgehead atoms. The Hall–Kier alpha value is -0.290. The molecule has 0 aliphatic heterocycles. The lowest BCUT2D eigenvalue weighted by Crippen LogP contribution is -1.99. The molecular weight excluding hydrogens is 259 g/mol. The van der Waals surface area contributed by atoms with E-state index in [1.807, 2.05) is 13.8 Å². The zero-order valence-electron chi connectivity index (χ0n) is 10.7. The van der Waals surface area contributed by atoms with Crippen molar-refractivity contribution in [3.05, 3.63) is 10.8 Å². The van der Waals surface area contributed by atoms with Crippen LogP contribution >= 0.6 is 19.1 Å². The molecule has 0 radical (unpaired) electrons.